The van der Waals surface area contributed by atoms with Crippen molar-refractivity contribution < 1.29 is 21.2 Å². The van der Waals surface area contributed by atoms with Crippen LogP contribution in [-0.2, 0) is 19.9 Å². The van der Waals surface area contributed by atoms with Gasteiger partial charge in [0.05, 0.1) is 21.4 Å². The standard InChI is InChI=1S/C11H13ClFNO4S2/c1-11(2)10(6-19(11,15)16)14-20(17,18)9-4-7(12)3-8(13)5-9/h3-5,10,14H,6H2,1-2H3/t10-/m0/s1. The van der Waals surface area contributed by atoms with Crippen molar-refractivity contribution in [2.75, 3.05) is 5.75 Å². The van der Waals surface area contributed by atoms with Gasteiger partial charge in [0.1, 0.15) is 5.82 Å². The zero-order chi connectivity index (χ0) is 15.3. The van der Waals surface area contributed by atoms with Crippen LogP contribution in [0.1, 0.15) is 13.8 Å². The van der Waals surface area contributed by atoms with Gasteiger partial charge in [-0.3, -0.25) is 0 Å². The van der Waals surface area contributed by atoms with Crippen LogP contribution in [-0.4, -0.2) is 33.4 Å². The maximum absolute atomic E-state index is 13.2. The van der Waals surface area contributed by atoms with Gasteiger partial charge in [-0.2, -0.15) is 0 Å². The lowest BCUT2D eigenvalue weighted by Gasteiger charge is -2.43. The Morgan fingerprint density at radius 2 is 1.95 bits per heavy atom. The second kappa shape index (κ2) is 4.66. The Morgan fingerprint density at radius 1 is 1.35 bits per heavy atom. The summed E-state index contributed by atoms with van der Waals surface area (Å²) in [6, 6.07) is 2.17. The summed E-state index contributed by atoms with van der Waals surface area (Å²) in [7, 11) is -7.33. The highest BCUT2D eigenvalue weighted by atomic mass is 35.5. The Bertz CT molecular complexity index is 738. The van der Waals surface area contributed by atoms with Gasteiger partial charge < -0.3 is 0 Å². The van der Waals surface area contributed by atoms with Gasteiger partial charge in [0, 0.05) is 5.02 Å². The molecular formula is C11H13ClFNO4S2. The van der Waals surface area contributed by atoms with Crippen molar-refractivity contribution in [3.8, 4) is 0 Å². The second-order valence-electron chi connectivity index (χ2n) is 5.16. The number of sulfone groups is 1. The van der Waals surface area contributed by atoms with Crippen LogP contribution in [0.3, 0.4) is 0 Å². The van der Waals surface area contributed by atoms with Crippen molar-refractivity contribution in [1.29, 1.82) is 0 Å². The molecular weight excluding hydrogens is 329 g/mol. The van der Waals surface area contributed by atoms with Crippen molar-refractivity contribution in [3.05, 3.63) is 29.0 Å². The van der Waals surface area contributed by atoms with Gasteiger partial charge in [0.15, 0.2) is 9.84 Å². The van der Waals surface area contributed by atoms with Crippen LogP contribution in [0.4, 0.5) is 4.39 Å². The van der Waals surface area contributed by atoms with E-state index in [-0.39, 0.29) is 15.7 Å². The lowest BCUT2D eigenvalue weighted by atomic mass is 10.1. The summed E-state index contributed by atoms with van der Waals surface area (Å²) in [5.74, 6) is -1.05. The van der Waals surface area contributed by atoms with Crippen molar-refractivity contribution in [1.82, 2.24) is 4.72 Å². The minimum atomic E-state index is -4.03. The molecule has 1 aliphatic rings. The summed E-state index contributed by atoms with van der Waals surface area (Å²) in [6.07, 6.45) is 0. The van der Waals surface area contributed by atoms with E-state index in [0.717, 1.165) is 18.2 Å². The van der Waals surface area contributed by atoms with Crippen LogP contribution >= 0.6 is 11.6 Å². The summed E-state index contributed by atoms with van der Waals surface area (Å²) >= 11 is 5.61. The Balaban J connectivity index is 2.30. The Labute approximate surface area is 122 Å². The van der Waals surface area contributed by atoms with E-state index < -0.39 is 36.5 Å². The predicted octanol–water partition coefficient (Wildman–Crippen LogP) is 1.33. The molecule has 5 nitrogen and oxygen atoms in total. The van der Waals surface area contributed by atoms with Gasteiger partial charge in [-0.25, -0.2) is 25.9 Å². The van der Waals surface area contributed by atoms with Crippen LogP contribution in [0.25, 0.3) is 0 Å². The number of nitrogens with one attached hydrogen (secondary N) is 1. The molecule has 2 rings (SSSR count). The third kappa shape index (κ3) is 2.57. The molecule has 20 heavy (non-hydrogen) atoms. The number of halogens is 2. The summed E-state index contributed by atoms with van der Waals surface area (Å²) < 4.78 is 61.6. The summed E-state index contributed by atoms with van der Waals surface area (Å²) in [6.45, 7) is 2.88. The topological polar surface area (TPSA) is 80.3 Å². The Morgan fingerprint density at radius 3 is 2.40 bits per heavy atom. The average Bonchev–Trinajstić information content (AvgIpc) is 2.26. The average molecular weight is 342 g/mol. The van der Waals surface area contributed by atoms with E-state index in [1.54, 1.807) is 0 Å². The molecule has 0 radical (unpaired) electrons. The summed E-state index contributed by atoms with van der Waals surface area (Å²) in [5.41, 5.74) is 0. The first-order chi connectivity index (χ1) is 8.96. The molecule has 1 saturated heterocycles. The smallest absolute Gasteiger partial charge is 0.228 e. The largest absolute Gasteiger partial charge is 0.241 e. The zero-order valence-electron chi connectivity index (χ0n) is 10.7. The summed E-state index contributed by atoms with van der Waals surface area (Å²) in [4.78, 5) is -0.331. The number of hydrogen-bond acceptors (Lipinski definition) is 4. The van der Waals surface area contributed by atoms with Gasteiger partial charge in [0.2, 0.25) is 10.0 Å². The highest BCUT2D eigenvalue weighted by Gasteiger charge is 2.54. The third-order valence-electron chi connectivity index (χ3n) is 3.47. The molecule has 0 aromatic heterocycles. The second-order valence-corrected chi connectivity index (χ2v) is 9.93. The fraction of sp³-hybridized carbons (Fsp3) is 0.455. The van der Waals surface area contributed by atoms with Crippen LogP contribution in [0, 0.1) is 5.82 Å². The molecule has 1 heterocycles. The minimum Gasteiger partial charge on any atom is -0.228 e. The third-order valence-corrected chi connectivity index (χ3v) is 7.80. The quantitative estimate of drug-likeness (QED) is 0.899. The number of sulfonamides is 1. The molecule has 1 aliphatic heterocycles. The maximum Gasteiger partial charge on any atom is 0.241 e. The van der Waals surface area contributed by atoms with Gasteiger partial charge >= 0.3 is 0 Å². The normalized spacial score (nSPS) is 24.1. The molecule has 1 fully saturated rings. The molecule has 0 saturated carbocycles. The zero-order valence-corrected chi connectivity index (χ0v) is 13.1. The molecule has 0 aliphatic carbocycles. The number of hydrogen-bond donors (Lipinski definition) is 1. The van der Waals surface area contributed by atoms with Gasteiger partial charge in [-0.05, 0) is 32.0 Å². The molecule has 1 N–H and O–H groups in total. The van der Waals surface area contributed by atoms with Crippen LogP contribution in [0.15, 0.2) is 23.1 Å². The van der Waals surface area contributed by atoms with E-state index in [1.165, 1.54) is 13.8 Å². The van der Waals surface area contributed by atoms with Gasteiger partial charge in [-0.15, -0.1) is 0 Å². The van der Waals surface area contributed by atoms with Crippen molar-refractivity contribution in [2.45, 2.75) is 29.5 Å². The highest BCUT2D eigenvalue weighted by molar-refractivity contribution is 7.94. The van der Waals surface area contributed by atoms with E-state index in [9.17, 15) is 21.2 Å². The first kappa shape index (κ1) is 15.7. The SMILES string of the molecule is CC1(C)[C@@H](NS(=O)(=O)c2cc(F)cc(Cl)c2)CS1(=O)=O. The fourth-order valence-corrected chi connectivity index (χ4v) is 5.42. The molecule has 1 aromatic carbocycles. The molecule has 1 atom stereocenters. The minimum absolute atomic E-state index is 0.0501. The van der Waals surface area contributed by atoms with Crippen molar-refractivity contribution >= 4 is 31.5 Å². The molecule has 0 amide bonds. The van der Waals surface area contributed by atoms with E-state index in [2.05, 4.69) is 4.72 Å². The maximum atomic E-state index is 13.2. The predicted molar refractivity (Wildman–Crippen MR) is 73.4 cm³/mol. The van der Waals surface area contributed by atoms with Crippen molar-refractivity contribution in [3.63, 3.8) is 0 Å². The van der Waals surface area contributed by atoms with E-state index in [1.807, 2.05) is 0 Å². The van der Waals surface area contributed by atoms with Crippen LogP contribution in [0.2, 0.25) is 5.02 Å². The van der Waals surface area contributed by atoms with Crippen molar-refractivity contribution in [2.24, 2.45) is 0 Å². The lowest BCUT2D eigenvalue weighted by Crippen LogP contribution is -2.66. The van der Waals surface area contributed by atoms with Crippen LogP contribution in [0.5, 0.6) is 0 Å². The number of benzene rings is 1. The molecule has 1 aromatic rings. The van der Waals surface area contributed by atoms with Gasteiger partial charge in [0.25, 0.3) is 0 Å². The fourth-order valence-electron chi connectivity index (χ4n) is 1.87. The molecule has 0 spiro atoms. The molecule has 9 heteroatoms. The Kier molecular flexibility index (Phi) is 3.65. The summed E-state index contributed by atoms with van der Waals surface area (Å²) in [5, 5.41) is -0.0501. The first-order valence-electron chi connectivity index (χ1n) is 5.66. The highest BCUT2D eigenvalue weighted by Crippen LogP contribution is 2.34. The van der Waals surface area contributed by atoms with Gasteiger partial charge in [-0.1, -0.05) is 11.6 Å². The Hall–Kier alpha value is -0.700. The number of rotatable bonds is 3. The van der Waals surface area contributed by atoms with E-state index in [4.69, 9.17) is 11.6 Å². The molecule has 0 bridgehead atoms. The molecule has 0 unspecified atom stereocenters. The van der Waals surface area contributed by atoms with E-state index >= 15 is 0 Å². The first-order valence-corrected chi connectivity index (χ1v) is 9.18. The van der Waals surface area contributed by atoms with E-state index in [0.29, 0.717) is 0 Å². The monoisotopic (exact) mass is 341 g/mol. The lowest BCUT2D eigenvalue weighted by molar-refractivity contribution is 0.423. The molecule has 112 valence electrons. The van der Waals surface area contributed by atoms with Crippen LogP contribution < -0.4 is 4.72 Å².